The van der Waals surface area contributed by atoms with Gasteiger partial charge in [-0.25, -0.2) is 0 Å². The first-order valence-electron chi connectivity index (χ1n) is 10.0. The van der Waals surface area contributed by atoms with Crippen LogP contribution in [0.5, 0.6) is 0 Å². The van der Waals surface area contributed by atoms with E-state index >= 15 is 0 Å². The first kappa shape index (κ1) is 21.9. The van der Waals surface area contributed by atoms with Crippen LogP contribution in [-0.4, -0.2) is 66.9 Å². The van der Waals surface area contributed by atoms with Crippen molar-refractivity contribution in [3.63, 3.8) is 0 Å². The summed E-state index contributed by atoms with van der Waals surface area (Å²) in [5.41, 5.74) is 1.10. The molecule has 4 nitrogen and oxygen atoms in total. The highest BCUT2D eigenvalue weighted by Gasteiger charge is 2.40. The zero-order valence-electron chi connectivity index (χ0n) is 16.6. The summed E-state index contributed by atoms with van der Waals surface area (Å²) in [4.78, 5) is 20.0. The summed E-state index contributed by atoms with van der Waals surface area (Å²) in [6, 6.07) is 5.49. The van der Waals surface area contributed by atoms with Crippen molar-refractivity contribution in [2.24, 2.45) is 4.99 Å². The van der Waals surface area contributed by atoms with Gasteiger partial charge in [-0.3, -0.25) is 14.7 Å². The molecule has 1 fully saturated rings. The second-order valence-electron chi connectivity index (χ2n) is 8.16. The molecule has 3 aliphatic heterocycles. The number of likely N-dealkylation sites (tertiary alicyclic amines) is 1. The molecule has 4 rings (SSSR count). The van der Waals surface area contributed by atoms with Gasteiger partial charge in [0, 0.05) is 26.2 Å². The third-order valence-electron chi connectivity index (χ3n) is 6.03. The summed E-state index contributed by atoms with van der Waals surface area (Å²) in [6.45, 7) is -0.0703. The molecule has 0 radical (unpaired) electrons. The van der Waals surface area contributed by atoms with E-state index in [4.69, 9.17) is 0 Å². The number of halogens is 6. The second kappa shape index (κ2) is 7.96. The lowest BCUT2D eigenvalue weighted by Crippen LogP contribution is -2.43. The first-order valence-corrected chi connectivity index (χ1v) is 10.0. The van der Waals surface area contributed by atoms with Gasteiger partial charge in [0.15, 0.2) is 0 Å². The topological polar surface area (TPSA) is 35.9 Å². The minimum Gasteiger partial charge on any atom is -0.337 e. The molecular weight excluding hydrogens is 424 g/mol. The number of aliphatic imine (C=N–C) groups is 1. The minimum atomic E-state index is -4.43. The standard InChI is InChI=1S/C21H21F6N3O/c22-20(23,24)12-29-10-14-9-28-18(16(14)11-29)19(31)30-7-5-13(6-8-30)15-3-1-2-4-17(15)21(25,26)27/h1-4,13H,5-12H2. The number of benzene rings is 1. The maximum atomic E-state index is 13.3. The number of hydrogen-bond donors (Lipinski definition) is 0. The molecule has 0 atom stereocenters. The second-order valence-corrected chi connectivity index (χ2v) is 8.16. The number of carbonyl (C=O) groups is 1. The maximum absolute atomic E-state index is 13.3. The molecule has 1 saturated heterocycles. The highest BCUT2D eigenvalue weighted by atomic mass is 19.4. The van der Waals surface area contributed by atoms with E-state index in [1.807, 2.05) is 0 Å². The van der Waals surface area contributed by atoms with Crippen LogP contribution in [0.1, 0.15) is 29.9 Å². The molecule has 0 saturated carbocycles. The van der Waals surface area contributed by atoms with E-state index in [2.05, 4.69) is 4.99 Å². The lowest BCUT2D eigenvalue weighted by atomic mass is 9.86. The van der Waals surface area contributed by atoms with Gasteiger partial charge >= 0.3 is 12.4 Å². The number of nitrogens with zero attached hydrogens (tertiary/aromatic N) is 3. The fraction of sp³-hybridized carbons (Fsp3) is 0.524. The minimum absolute atomic E-state index is 0.0365. The van der Waals surface area contributed by atoms with E-state index in [-0.39, 0.29) is 55.8 Å². The van der Waals surface area contributed by atoms with Crippen molar-refractivity contribution in [1.82, 2.24) is 9.80 Å². The van der Waals surface area contributed by atoms with E-state index in [1.165, 1.54) is 17.0 Å². The van der Waals surface area contributed by atoms with Crippen LogP contribution in [0.15, 0.2) is 40.4 Å². The fourth-order valence-corrected chi connectivity index (χ4v) is 4.63. The average molecular weight is 445 g/mol. The molecule has 0 aliphatic carbocycles. The number of rotatable bonds is 3. The zero-order valence-corrected chi connectivity index (χ0v) is 16.6. The lowest BCUT2D eigenvalue weighted by Gasteiger charge is -2.33. The van der Waals surface area contributed by atoms with Crippen molar-refractivity contribution in [1.29, 1.82) is 0 Å². The van der Waals surface area contributed by atoms with Gasteiger partial charge in [0.25, 0.3) is 5.91 Å². The lowest BCUT2D eigenvalue weighted by molar-refractivity contribution is -0.143. The molecule has 0 N–H and O–H groups in total. The normalized spacial score (nSPS) is 21.0. The summed E-state index contributed by atoms with van der Waals surface area (Å²) in [5, 5.41) is 0. The summed E-state index contributed by atoms with van der Waals surface area (Å²) < 4.78 is 78.0. The predicted octanol–water partition coefficient (Wildman–Crippen LogP) is 4.04. The van der Waals surface area contributed by atoms with Crippen molar-refractivity contribution < 1.29 is 31.1 Å². The SMILES string of the molecule is O=C(C1=NCC2=C1CN(CC(F)(F)F)C2)N1CCC(c2ccccc2C(F)(F)F)CC1. The number of piperidine rings is 1. The smallest absolute Gasteiger partial charge is 0.337 e. The summed E-state index contributed by atoms with van der Waals surface area (Å²) >= 11 is 0. The zero-order chi connectivity index (χ0) is 22.4. The molecule has 10 heteroatoms. The molecular formula is C21H21F6N3O. The highest BCUT2D eigenvalue weighted by Crippen LogP contribution is 2.39. The van der Waals surface area contributed by atoms with Crippen LogP contribution < -0.4 is 0 Å². The Labute approximate surface area is 175 Å². The van der Waals surface area contributed by atoms with Crippen molar-refractivity contribution in [3.8, 4) is 0 Å². The van der Waals surface area contributed by atoms with E-state index in [0.29, 0.717) is 18.4 Å². The fourth-order valence-electron chi connectivity index (χ4n) is 4.63. The monoisotopic (exact) mass is 445 g/mol. The Balaban J connectivity index is 1.39. The Kier molecular flexibility index (Phi) is 5.61. The van der Waals surface area contributed by atoms with Gasteiger partial charge in [-0.15, -0.1) is 0 Å². The van der Waals surface area contributed by atoms with Gasteiger partial charge in [0.1, 0.15) is 5.71 Å². The van der Waals surface area contributed by atoms with Gasteiger partial charge in [-0.05, 0) is 41.5 Å². The highest BCUT2D eigenvalue weighted by molar-refractivity contribution is 6.46. The Morgan fingerprint density at radius 3 is 2.35 bits per heavy atom. The van der Waals surface area contributed by atoms with E-state index in [1.54, 1.807) is 11.0 Å². The Hall–Kier alpha value is -2.36. The number of amides is 1. The summed E-state index contributed by atoms with van der Waals surface area (Å²) in [7, 11) is 0. The molecule has 1 aromatic carbocycles. The van der Waals surface area contributed by atoms with Crippen molar-refractivity contribution >= 4 is 11.6 Å². The van der Waals surface area contributed by atoms with Crippen molar-refractivity contribution in [3.05, 3.63) is 46.5 Å². The molecule has 3 heterocycles. The number of carbonyl (C=O) groups excluding carboxylic acids is 1. The third kappa shape index (κ3) is 4.63. The number of hydrogen-bond acceptors (Lipinski definition) is 3. The van der Waals surface area contributed by atoms with E-state index < -0.39 is 24.5 Å². The first-order chi connectivity index (χ1) is 14.5. The van der Waals surface area contributed by atoms with Crippen LogP contribution in [0.25, 0.3) is 0 Å². The molecule has 0 bridgehead atoms. The number of alkyl halides is 6. The predicted molar refractivity (Wildman–Crippen MR) is 102 cm³/mol. The average Bonchev–Trinajstić information content (AvgIpc) is 3.25. The Morgan fingerprint density at radius 2 is 1.71 bits per heavy atom. The summed E-state index contributed by atoms with van der Waals surface area (Å²) in [5.74, 6) is -0.655. The van der Waals surface area contributed by atoms with E-state index in [9.17, 15) is 31.1 Å². The van der Waals surface area contributed by atoms with E-state index in [0.717, 1.165) is 11.6 Å². The van der Waals surface area contributed by atoms with Crippen molar-refractivity contribution in [2.75, 3.05) is 39.3 Å². The summed E-state index contributed by atoms with van der Waals surface area (Å²) in [6.07, 6.45) is -7.97. The molecule has 1 amide bonds. The molecule has 1 aromatic rings. The maximum Gasteiger partial charge on any atom is 0.416 e. The van der Waals surface area contributed by atoms with Gasteiger partial charge in [0.05, 0.1) is 18.7 Å². The van der Waals surface area contributed by atoms with Gasteiger partial charge < -0.3 is 4.90 Å². The molecule has 0 spiro atoms. The molecule has 31 heavy (non-hydrogen) atoms. The van der Waals surface area contributed by atoms with Crippen LogP contribution in [0.3, 0.4) is 0 Å². The Morgan fingerprint density at radius 1 is 1.03 bits per heavy atom. The van der Waals surface area contributed by atoms with Crippen molar-refractivity contribution in [2.45, 2.75) is 31.1 Å². The van der Waals surface area contributed by atoms with Gasteiger partial charge in [-0.2, -0.15) is 26.3 Å². The quantitative estimate of drug-likeness (QED) is 0.659. The Bertz CT molecular complexity index is 926. The largest absolute Gasteiger partial charge is 0.416 e. The van der Waals surface area contributed by atoms with Crippen LogP contribution in [-0.2, 0) is 11.0 Å². The van der Waals surface area contributed by atoms with Gasteiger partial charge in [0.2, 0.25) is 0 Å². The van der Waals surface area contributed by atoms with Crippen LogP contribution in [0.4, 0.5) is 26.3 Å². The molecule has 0 aromatic heterocycles. The molecule has 3 aliphatic rings. The molecule has 168 valence electrons. The third-order valence-corrected chi connectivity index (χ3v) is 6.03. The van der Waals surface area contributed by atoms with Crippen LogP contribution >= 0.6 is 0 Å². The van der Waals surface area contributed by atoms with Crippen LogP contribution in [0.2, 0.25) is 0 Å². The van der Waals surface area contributed by atoms with Gasteiger partial charge in [-0.1, -0.05) is 18.2 Å². The molecule has 0 unspecified atom stereocenters. The van der Waals surface area contributed by atoms with Crippen LogP contribution in [0, 0.1) is 0 Å².